The van der Waals surface area contributed by atoms with Crippen LogP contribution < -0.4 is 5.32 Å². The third kappa shape index (κ3) is 5.59. The summed E-state index contributed by atoms with van der Waals surface area (Å²) in [6.07, 6.45) is 5.03. The van der Waals surface area contributed by atoms with Crippen LogP contribution in [0.15, 0.2) is 12.7 Å². The van der Waals surface area contributed by atoms with Gasteiger partial charge in [0.05, 0.1) is 6.61 Å². The third-order valence-corrected chi connectivity index (χ3v) is 4.12. The fraction of sp³-hybridized carbons (Fsp3) is 0.833. The maximum absolute atomic E-state index is 9.17. The number of thioether (sulfide) groups is 1. The number of aliphatic hydroxyl groups excluding tert-OH is 1. The lowest BCUT2D eigenvalue weighted by Crippen LogP contribution is -2.44. The van der Waals surface area contributed by atoms with E-state index >= 15 is 0 Å². The van der Waals surface area contributed by atoms with Crippen molar-refractivity contribution < 1.29 is 5.11 Å². The Morgan fingerprint density at radius 3 is 2.33 bits per heavy atom. The van der Waals surface area contributed by atoms with Crippen molar-refractivity contribution in [2.75, 3.05) is 12.9 Å². The van der Waals surface area contributed by atoms with E-state index in [4.69, 9.17) is 0 Å². The molecule has 0 aromatic carbocycles. The van der Waals surface area contributed by atoms with Crippen LogP contribution in [0.1, 0.15) is 27.2 Å². The molecular weight excluding hydrogens is 206 g/mol. The Balaban J connectivity index is 4.03. The number of hydrogen-bond donors (Lipinski definition) is 2. The molecule has 2 nitrogen and oxygen atoms in total. The minimum absolute atomic E-state index is 0.234. The van der Waals surface area contributed by atoms with E-state index in [1.807, 2.05) is 12.3 Å². The van der Waals surface area contributed by atoms with Crippen molar-refractivity contribution in [2.24, 2.45) is 5.92 Å². The first-order valence-corrected chi connectivity index (χ1v) is 6.86. The normalized spacial score (nSPS) is 19.3. The van der Waals surface area contributed by atoms with Crippen LogP contribution in [-0.2, 0) is 0 Å². The number of aliphatic hydroxyl groups is 1. The molecule has 0 radical (unpaired) electrons. The van der Waals surface area contributed by atoms with Crippen molar-refractivity contribution in [3.8, 4) is 0 Å². The zero-order valence-electron chi connectivity index (χ0n) is 10.4. The summed E-state index contributed by atoms with van der Waals surface area (Å²) in [4.78, 5) is 0. The van der Waals surface area contributed by atoms with Gasteiger partial charge in [-0.3, -0.25) is 0 Å². The highest BCUT2D eigenvalue weighted by atomic mass is 32.2. The van der Waals surface area contributed by atoms with Crippen molar-refractivity contribution in [2.45, 2.75) is 44.5 Å². The minimum atomic E-state index is 0.234. The maximum atomic E-state index is 9.17. The second-order valence-corrected chi connectivity index (χ2v) is 5.28. The summed E-state index contributed by atoms with van der Waals surface area (Å²) in [5.74, 6) is 0.589. The molecule has 0 bridgehead atoms. The highest BCUT2D eigenvalue weighted by Crippen LogP contribution is 2.14. The summed E-state index contributed by atoms with van der Waals surface area (Å²) in [5, 5.41) is 13.0. The molecule has 0 aliphatic carbocycles. The van der Waals surface area contributed by atoms with E-state index in [1.165, 1.54) is 0 Å². The third-order valence-electron chi connectivity index (χ3n) is 2.96. The SMILES string of the molecule is C=CCC(C)C(C)NC(C)C(CO)SC. The smallest absolute Gasteiger partial charge is 0.0564 e. The lowest BCUT2D eigenvalue weighted by atomic mass is 9.99. The van der Waals surface area contributed by atoms with Gasteiger partial charge in [0.1, 0.15) is 0 Å². The zero-order valence-corrected chi connectivity index (χ0v) is 11.2. The van der Waals surface area contributed by atoms with E-state index < -0.39 is 0 Å². The Bertz CT molecular complexity index is 171. The second kappa shape index (κ2) is 8.20. The number of hydrogen-bond acceptors (Lipinski definition) is 3. The average Bonchev–Trinajstić information content (AvgIpc) is 2.19. The topological polar surface area (TPSA) is 32.3 Å². The zero-order chi connectivity index (χ0) is 11.8. The molecule has 90 valence electrons. The Morgan fingerprint density at radius 2 is 1.93 bits per heavy atom. The highest BCUT2D eigenvalue weighted by Gasteiger charge is 2.19. The number of allylic oxidation sites excluding steroid dienone is 1. The van der Waals surface area contributed by atoms with E-state index in [9.17, 15) is 5.11 Å². The van der Waals surface area contributed by atoms with Gasteiger partial charge in [0.2, 0.25) is 0 Å². The summed E-state index contributed by atoms with van der Waals surface area (Å²) < 4.78 is 0. The van der Waals surface area contributed by atoms with Gasteiger partial charge in [-0.15, -0.1) is 6.58 Å². The Morgan fingerprint density at radius 1 is 1.33 bits per heavy atom. The fourth-order valence-electron chi connectivity index (χ4n) is 1.59. The van der Waals surface area contributed by atoms with Gasteiger partial charge in [-0.05, 0) is 32.4 Å². The van der Waals surface area contributed by atoms with E-state index in [0.717, 1.165) is 6.42 Å². The van der Waals surface area contributed by atoms with Crippen LogP contribution in [0.2, 0.25) is 0 Å². The van der Waals surface area contributed by atoms with E-state index in [1.54, 1.807) is 11.8 Å². The molecule has 0 amide bonds. The van der Waals surface area contributed by atoms with E-state index in [-0.39, 0.29) is 11.9 Å². The molecule has 0 spiro atoms. The molecule has 4 unspecified atom stereocenters. The van der Waals surface area contributed by atoms with Crippen LogP contribution in [-0.4, -0.2) is 35.3 Å². The molecular formula is C12H25NOS. The van der Waals surface area contributed by atoms with Gasteiger partial charge >= 0.3 is 0 Å². The second-order valence-electron chi connectivity index (χ2n) is 4.20. The minimum Gasteiger partial charge on any atom is -0.395 e. The van der Waals surface area contributed by atoms with E-state index in [2.05, 4.69) is 32.7 Å². The standard InChI is InChI=1S/C12H25NOS/c1-6-7-9(2)10(3)13-11(4)12(8-14)15-5/h6,9-14H,1,7-8H2,2-5H3. The predicted octanol–water partition coefficient (Wildman–Crippen LogP) is 2.29. The van der Waals surface area contributed by atoms with Crippen molar-refractivity contribution in [3.05, 3.63) is 12.7 Å². The first-order chi connectivity index (χ1) is 7.06. The van der Waals surface area contributed by atoms with Gasteiger partial charge in [0, 0.05) is 17.3 Å². The lowest BCUT2D eigenvalue weighted by Gasteiger charge is -2.28. The lowest BCUT2D eigenvalue weighted by molar-refractivity contribution is 0.263. The molecule has 0 fully saturated rings. The summed E-state index contributed by atoms with van der Waals surface area (Å²) in [7, 11) is 0. The Kier molecular flexibility index (Phi) is 8.20. The molecule has 0 saturated heterocycles. The van der Waals surface area contributed by atoms with Gasteiger partial charge in [-0.2, -0.15) is 11.8 Å². The van der Waals surface area contributed by atoms with Crippen LogP contribution in [0, 0.1) is 5.92 Å². The monoisotopic (exact) mass is 231 g/mol. The molecule has 2 N–H and O–H groups in total. The van der Waals surface area contributed by atoms with Gasteiger partial charge in [-0.25, -0.2) is 0 Å². The van der Waals surface area contributed by atoms with Crippen LogP contribution in [0.3, 0.4) is 0 Å². The highest BCUT2D eigenvalue weighted by molar-refractivity contribution is 7.99. The van der Waals surface area contributed by atoms with Gasteiger partial charge in [-0.1, -0.05) is 13.0 Å². The predicted molar refractivity (Wildman–Crippen MR) is 70.4 cm³/mol. The first kappa shape index (κ1) is 15.0. The number of rotatable bonds is 8. The van der Waals surface area contributed by atoms with Crippen LogP contribution >= 0.6 is 11.8 Å². The summed E-state index contributed by atoms with van der Waals surface area (Å²) in [6.45, 7) is 10.5. The Hall–Kier alpha value is 0.0100. The van der Waals surface area contributed by atoms with Crippen molar-refractivity contribution >= 4 is 11.8 Å². The van der Waals surface area contributed by atoms with Crippen LogP contribution in [0.5, 0.6) is 0 Å². The molecule has 0 aliphatic rings. The number of nitrogens with one attached hydrogen (secondary N) is 1. The van der Waals surface area contributed by atoms with Crippen LogP contribution in [0.4, 0.5) is 0 Å². The van der Waals surface area contributed by atoms with Crippen LogP contribution in [0.25, 0.3) is 0 Å². The van der Waals surface area contributed by atoms with Gasteiger partial charge < -0.3 is 10.4 Å². The quantitative estimate of drug-likeness (QED) is 0.629. The van der Waals surface area contributed by atoms with Crippen molar-refractivity contribution in [1.82, 2.24) is 5.32 Å². The van der Waals surface area contributed by atoms with E-state index in [0.29, 0.717) is 18.0 Å². The summed E-state index contributed by atoms with van der Waals surface area (Å²) in [6, 6.07) is 0.798. The first-order valence-electron chi connectivity index (χ1n) is 5.57. The van der Waals surface area contributed by atoms with Gasteiger partial charge in [0.25, 0.3) is 0 Å². The molecule has 0 rings (SSSR count). The largest absolute Gasteiger partial charge is 0.395 e. The maximum Gasteiger partial charge on any atom is 0.0564 e. The molecule has 4 atom stereocenters. The van der Waals surface area contributed by atoms with Crippen molar-refractivity contribution in [1.29, 1.82) is 0 Å². The molecule has 0 saturated carbocycles. The Labute approximate surface area is 98.5 Å². The fourth-order valence-corrected chi connectivity index (χ4v) is 2.23. The molecule has 0 heterocycles. The summed E-state index contributed by atoms with van der Waals surface area (Å²) >= 11 is 1.71. The molecule has 0 aliphatic heterocycles. The molecule has 0 aromatic rings. The van der Waals surface area contributed by atoms with Gasteiger partial charge in [0.15, 0.2) is 0 Å². The molecule has 0 aromatic heterocycles. The molecule has 15 heavy (non-hydrogen) atoms. The summed E-state index contributed by atoms with van der Waals surface area (Å²) in [5.41, 5.74) is 0. The van der Waals surface area contributed by atoms with Crippen molar-refractivity contribution in [3.63, 3.8) is 0 Å². The molecule has 3 heteroatoms. The average molecular weight is 231 g/mol.